The summed E-state index contributed by atoms with van der Waals surface area (Å²) in [6, 6.07) is 1.84. The second kappa shape index (κ2) is 5.78. The molecule has 0 saturated carbocycles. The van der Waals surface area contributed by atoms with Crippen molar-refractivity contribution in [2.45, 2.75) is 47.0 Å². The Balaban J connectivity index is 3.20. The molecule has 0 unspecified atom stereocenters. The largest absolute Gasteiger partial charge is 0.508 e. The van der Waals surface area contributed by atoms with E-state index in [4.69, 9.17) is 4.74 Å². The average Bonchev–Trinajstić information content (AvgIpc) is 2.28. The number of ether oxygens (including phenoxy) is 1. The molecule has 0 atom stereocenters. The summed E-state index contributed by atoms with van der Waals surface area (Å²) in [4.78, 5) is 0. The minimum atomic E-state index is 0.403. The van der Waals surface area contributed by atoms with Gasteiger partial charge in [-0.15, -0.1) is 0 Å². The fraction of sp³-hybridized carbons (Fsp3) is 0.571. The van der Waals surface area contributed by atoms with Crippen molar-refractivity contribution in [2.75, 3.05) is 6.61 Å². The van der Waals surface area contributed by atoms with E-state index < -0.39 is 0 Å². The van der Waals surface area contributed by atoms with Gasteiger partial charge in [-0.05, 0) is 43.4 Å². The molecule has 2 heteroatoms. The molecule has 1 aromatic rings. The van der Waals surface area contributed by atoms with Gasteiger partial charge >= 0.3 is 0 Å². The molecule has 1 N–H and O–H groups in total. The topological polar surface area (TPSA) is 29.5 Å². The summed E-state index contributed by atoms with van der Waals surface area (Å²) in [7, 11) is 0. The van der Waals surface area contributed by atoms with E-state index >= 15 is 0 Å². The molecule has 0 heterocycles. The van der Waals surface area contributed by atoms with Gasteiger partial charge in [-0.3, -0.25) is 0 Å². The van der Waals surface area contributed by atoms with Crippen LogP contribution in [0.5, 0.6) is 11.5 Å². The van der Waals surface area contributed by atoms with Crippen molar-refractivity contribution in [2.24, 2.45) is 0 Å². The van der Waals surface area contributed by atoms with Crippen LogP contribution < -0.4 is 4.74 Å². The Morgan fingerprint density at radius 1 is 1.19 bits per heavy atom. The molecule has 0 saturated heterocycles. The van der Waals surface area contributed by atoms with Crippen LogP contribution in [0.1, 0.15) is 43.9 Å². The molecule has 0 amide bonds. The number of phenolic OH excluding ortho intramolecular Hbond substituents is 1. The molecule has 0 bridgehead atoms. The summed E-state index contributed by atoms with van der Waals surface area (Å²) in [6.07, 6.45) is 2.73. The van der Waals surface area contributed by atoms with Crippen LogP contribution in [0.3, 0.4) is 0 Å². The Morgan fingerprint density at radius 2 is 1.88 bits per heavy atom. The van der Waals surface area contributed by atoms with Crippen molar-refractivity contribution in [3.63, 3.8) is 0 Å². The molecule has 1 rings (SSSR count). The highest BCUT2D eigenvalue weighted by Crippen LogP contribution is 2.34. The summed E-state index contributed by atoms with van der Waals surface area (Å²) in [5, 5.41) is 9.90. The third kappa shape index (κ3) is 2.49. The van der Waals surface area contributed by atoms with Crippen molar-refractivity contribution in [1.82, 2.24) is 0 Å². The molecular weight excluding hydrogens is 200 g/mol. The number of hydrogen-bond acceptors (Lipinski definition) is 2. The second-order valence-corrected chi connectivity index (χ2v) is 4.04. The van der Waals surface area contributed by atoms with E-state index in [2.05, 4.69) is 20.8 Å². The van der Waals surface area contributed by atoms with Gasteiger partial charge in [-0.25, -0.2) is 0 Å². The molecule has 0 aromatic heterocycles. The number of aromatic hydroxyl groups is 1. The van der Waals surface area contributed by atoms with Gasteiger partial charge in [0.2, 0.25) is 0 Å². The summed E-state index contributed by atoms with van der Waals surface area (Å²) >= 11 is 0. The standard InChI is InChI=1S/C14H22O2/c1-5-8-16-14-10(4)12(7-3)13(15)9-11(14)6-2/h9,15H,5-8H2,1-4H3. The molecule has 90 valence electrons. The van der Waals surface area contributed by atoms with Crippen LogP contribution in [-0.2, 0) is 12.8 Å². The number of rotatable bonds is 5. The maximum atomic E-state index is 9.90. The van der Waals surface area contributed by atoms with Crippen molar-refractivity contribution in [3.05, 3.63) is 22.8 Å². The fourth-order valence-corrected chi connectivity index (χ4v) is 2.00. The lowest BCUT2D eigenvalue weighted by Crippen LogP contribution is -2.03. The number of hydrogen-bond donors (Lipinski definition) is 1. The van der Waals surface area contributed by atoms with Gasteiger partial charge in [0.25, 0.3) is 0 Å². The Hall–Kier alpha value is -1.18. The highest BCUT2D eigenvalue weighted by atomic mass is 16.5. The van der Waals surface area contributed by atoms with Crippen molar-refractivity contribution >= 4 is 0 Å². The number of aryl methyl sites for hydroxylation is 1. The average molecular weight is 222 g/mol. The maximum absolute atomic E-state index is 9.90. The first-order chi connectivity index (χ1) is 7.65. The van der Waals surface area contributed by atoms with Crippen LogP contribution in [0, 0.1) is 6.92 Å². The predicted molar refractivity (Wildman–Crippen MR) is 67.4 cm³/mol. The van der Waals surface area contributed by atoms with E-state index in [9.17, 15) is 5.11 Å². The van der Waals surface area contributed by atoms with E-state index in [0.29, 0.717) is 5.75 Å². The SMILES string of the molecule is CCCOc1c(CC)cc(O)c(CC)c1C. The molecule has 16 heavy (non-hydrogen) atoms. The second-order valence-electron chi connectivity index (χ2n) is 4.04. The molecule has 0 aliphatic carbocycles. The summed E-state index contributed by atoms with van der Waals surface area (Å²) in [5.41, 5.74) is 3.19. The molecule has 1 aromatic carbocycles. The molecule has 0 fully saturated rings. The van der Waals surface area contributed by atoms with Gasteiger partial charge in [0.1, 0.15) is 11.5 Å². The highest BCUT2D eigenvalue weighted by Gasteiger charge is 2.13. The fourth-order valence-electron chi connectivity index (χ4n) is 2.00. The first kappa shape index (κ1) is 12.9. The first-order valence-corrected chi connectivity index (χ1v) is 6.12. The molecule has 2 nitrogen and oxygen atoms in total. The smallest absolute Gasteiger partial charge is 0.125 e. The first-order valence-electron chi connectivity index (χ1n) is 6.12. The van der Waals surface area contributed by atoms with Crippen LogP contribution >= 0.6 is 0 Å². The zero-order valence-electron chi connectivity index (χ0n) is 10.8. The van der Waals surface area contributed by atoms with Gasteiger partial charge in [0.15, 0.2) is 0 Å². The van der Waals surface area contributed by atoms with E-state index in [-0.39, 0.29) is 0 Å². The lowest BCUT2D eigenvalue weighted by molar-refractivity contribution is 0.311. The van der Waals surface area contributed by atoms with E-state index in [0.717, 1.165) is 48.3 Å². The molecule has 0 aliphatic rings. The Morgan fingerprint density at radius 3 is 2.38 bits per heavy atom. The van der Waals surface area contributed by atoms with Gasteiger partial charge < -0.3 is 9.84 Å². The minimum absolute atomic E-state index is 0.403. The van der Waals surface area contributed by atoms with Crippen LogP contribution in [0.25, 0.3) is 0 Å². The summed E-state index contributed by atoms with van der Waals surface area (Å²) in [6.45, 7) is 9.00. The Labute approximate surface area is 98.3 Å². The lowest BCUT2D eigenvalue weighted by Gasteiger charge is -2.17. The number of phenols is 1. The van der Waals surface area contributed by atoms with Gasteiger partial charge in [0.05, 0.1) is 6.61 Å². The van der Waals surface area contributed by atoms with E-state index in [1.165, 1.54) is 0 Å². The molecule has 0 aliphatic heterocycles. The Bertz CT molecular complexity index is 356. The maximum Gasteiger partial charge on any atom is 0.125 e. The molecular formula is C14H22O2. The van der Waals surface area contributed by atoms with Crippen molar-refractivity contribution in [1.29, 1.82) is 0 Å². The summed E-state index contributed by atoms with van der Waals surface area (Å²) < 4.78 is 5.79. The van der Waals surface area contributed by atoms with Crippen LogP contribution in [0.4, 0.5) is 0 Å². The van der Waals surface area contributed by atoms with Crippen LogP contribution in [0.15, 0.2) is 6.07 Å². The van der Waals surface area contributed by atoms with Crippen LogP contribution in [0.2, 0.25) is 0 Å². The monoisotopic (exact) mass is 222 g/mol. The normalized spacial score (nSPS) is 10.5. The number of benzene rings is 1. The molecule has 0 spiro atoms. The van der Waals surface area contributed by atoms with Gasteiger partial charge in [-0.2, -0.15) is 0 Å². The third-order valence-corrected chi connectivity index (χ3v) is 2.89. The lowest BCUT2D eigenvalue weighted by atomic mass is 9.99. The van der Waals surface area contributed by atoms with E-state index in [1.54, 1.807) is 0 Å². The third-order valence-electron chi connectivity index (χ3n) is 2.89. The zero-order valence-corrected chi connectivity index (χ0v) is 10.8. The minimum Gasteiger partial charge on any atom is -0.508 e. The van der Waals surface area contributed by atoms with Gasteiger partial charge in [0, 0.05) is 5.56 Å². The summed E-state index contributed by atoms with van der Waals surface area (Å²) in [5.74, 6) is 1.37. The quantitative estimate of drug-likeness (QED) is 0.824. The molecule has 0 radical (unpaired) electrons. The van der Waals surface area contributed by atoms with Crippen molar-refractivity contribution in [3.8, 4) is 11.5 Å². The zero-order chi connectivity index (χ0) is 12.1. The highest BCUT2D eigenvalue weighted by molar-refractivity contribution is 5.52. The van der Waals surface area contributed by atoms with Crippen molar-refractivity contribution < 1.29 is 9.84 Å². The van der Waals surface area contributed by atoms with Crippen LogP contribution in [-0.4, -0.2) is 11.7 Å². The van der Waals surface area contributed by atoms with Gasteiger partial charge in [-0.1, -0.05) is 20.8 Å². The Kier molecular flexibility index (Phi) is 4.66. The predicted octanol–water partition coefficient (Wildman–Crippen LogP) is 3.61. The van der Waals surface area contributed by atoms with E-state index in [1.807, 2.05) is 13.0 Å².